The van der Waals surface area contributed by atoms with E-state index in [2.05, 4.69) is 17.4 Å². The molecular weight excluding hydrogens is 244 g/mol. The van der Waals surface area contributed by atoms with Crippen LogP contribution < -0.4 is 11.1 Å². The van der Waals surface area contributed by atoms with Crippen molar-refractivity contribution in [1.29, 1.82) is 0 Å². The van der Waals surface area contributed by atoms with Crippen molar-refractivity contribution < 1.29 is 0 Å². The molecule has 3 N–H and O–H groups in total. The second-order valence-electron chi connectivity index (χ2n) is 4.34. The summed E-state index contributed by atoms with van der Waals surface area (Å²) in [6.45, 7) is 3.41. The quantitative estimate of drug-likeness (QED) is 0.879. The van der Waals surface area contributed by atoms with E-state index in [1.165, 1.54) is 5.56 Å². The zero-order valence-electron chi connectivity index (χ0n) is 10.4. The van der Waals surface area contributed by atoms with E-state index in [1.54, 1.807) is 0 Å². The summed E-state index contributed by atoms with van der Waals surface area (Å²) < 4.78 is 0. The SMILES string of the molecule is Cc1cc(Cl)ccc1NCc1cccc(CN)c1. The van der Waals surface area contributed by atoms with Gasteiger partial charge in [0.2, 0.25) is 0 Å². The summed E-state index contributed by atoms with van der Waals surface area (Å²) in [7, 11) is 0. The number of halogens is 1. The maximum atomic E-state index is 5.93. The van der Waals surface area contributed by atoms with Crippen LogP contribution in [-0.2, 0) is 13.1 Å². The third-order valence-electron chi connectivity index (χ3n) is 2.90. The van der Waals surface area contributed by atoms with Crippen molar-refractivity contribution in [1.82, 2.24) is 0 Å². The smallest absolute Gasteiger partial charge is 0.0410 e. The highest BCUT2D eigenvalue weighted by Gasteiger charge is 1.99. The second kappa shape index (κ2) is 5.89. The van der Waals surface area contributed by atoms with E-state index in [1.807, 2.05) is 37.3 Å². The molecule has 0 aliphatic carbocycles. The number of nitrogens with two attached hydrogens (primary N) is 1. The molecule has 0 fully saturated rings. The summed E-state index contributed by atoms with van der Waals surface area (Å²) in [6, 6.07) is 14.2. The molecule has 0 unspecified atom stereocenters. The lowest BCUT2D eigenvalue weighted by molar-refractivity contribution is 1.05. The van der Waals surface area contributed by atoms with Crippen molar-refractivity contribution >= 4 is 17.3 Å². The first-order chi connectivity index (χ1) is 8.69. The molecule has 0 amide bonds. The van der Waals surface area contributed by atoms with Gasteiger partial charge in [0, 0.05) is 23.8 Å². The molecule has 0 radical (unpaired) electrons. The second-order valence-corrected chi connectivity index (χ2v) is 4.77. The van der Waals surface area contributed by atoms with E-state index in [0.717, 1.165) is 28.4 Å². The Morgan fingerprint density at radius 3 is 2.61 bits per heavy atom. The number of benzene rings is 2. The fourth-order valence-corrected chi connectivity index (χ4v) is 2.12. The molecule has 94 valence electrons. The van der Waals surface area contributed by atoms with Gasteiger partial charge < -0.3 is 11.1 Å². The monoisotopic (exact) mass is 260 g/mol. The predicted molar refractivity (Wildman–Crippen MR) is 77.8 cm³/mol. The topological polar surface area (TPSA) is 38.0 Å². The minimum Gasteiger partial charge on any atom is -0.381 e. The lowest BCUT2D eigenvalue weighted by Crippen LogP contribution is -2.03. The molecule has 0 heterocycles. The van der Waals surface area contributed by atoms with E-state index in [9.17, 15) is 0 Å². The van der Waals surface area contributed by atoms with Crippen molar-refractivity contribution in [3.8, 4) is 0 Å². The summed E-state index contributed by atoms with van der Waals surface area (Å²) in [5.41, 5.74) is 10.3. The Morgan fingerprint density at radius 2 is 1.89 bits per heavy atom. The molecule has 3 heteroatoms. The van der Waals surface area contributed by atoms with Gasteiger partial charge in [0.25, 0.3) is 0 Å². The summed E-state index contributed by atoms with van der Waals surface area (Å²) >= 11 is 5.93. The van der Waals surface area contributed by atoms with E-state index >= 15 is 0 Å². The summed E-state index contributed by atoms with van der Waals surface area (Å²) in [4.78, 5) is 0. The van der Waals surface area contributed by atoms with Crippen LogP contribution in [0, 0.1) is 6.92 Å². The third-order valence-corrected chi connectivity index (χ3v) is 3.13. The minimum atomic E-state index is 0.577. The summed E-state index contributed by atoms with van der Waals surface area (Å²) in [6.07, 6.45) is 0. The van der Waals surface area contributed by atoms with Gasteiger partial charge in [-0.3, -0.25) is 0 Å². The molecule has 0 atom stereocenters. The first-order valence-electron chi connectivity index (χ1n) is 5.97. The number of nitrogens with one attached hydrogen (secondary N) is 1. The van der Waals surface area contributed by atoms with Crippen LogP contribution in [0.2, 0.25) is 5.02 Å². The number of hydrogen-bond acceptors (Lipinski definition) is 2. The van der Waals surface area contributed by atoms with Crippen molar-refractivity contribution in [2.45, 2.75) is 20.0 Å². The highest BCUT2D eigenvalue weighted by atomic mass is 35.5. The zero-order valence-corrected chi connectivity index (χ0v) is 11.2. The number of aryl methyl sites for hydroxylation is 1. The van der Waals surface area contributed by atoms with Gasteiger partial charge in [0.1, 0.15) is 0 Å². The lowest BCUT2D eigenvalue weighted by Gasteiger charge is -2.10. The molecule has 0 saturated heterocycles. The first-order valence-corrected chi connectivity index (χ1v) is 6.35. The standard InChI is InChI=1S/C15H17ClN2/c1-11-7-14(16)5-6-15(11)18-10-13-4-2-3-12(8-13)9-17/h2-8,18H,9-10,17H2,1H3. The highest BCUT2D eigenvalue weighted by molar-refractivity contribution is 6.30. The molecule has 0 aliphatic heterocycles. The predicted octanol–water partition coefficient (Wildman–Crippen LogP) is 3.72. The maximum absolute atomic E-state index is 5.93. The summed E-state index contributed by atoms with van der Waals surface area (Å²) in [5, 5.41) is 4.18. The van der Waals surface area contributed by atoms with Crippen LogP contribution in [0.15, 0.2) is 42.5 Å². The van der Waals surface area contributed by atoms with Gasteiger partial charge in [0.15, 0.2) is 0 Å². The normalized spacial score (nSPS) is 10.4. The van der Waals surface area contributed by atoms with Crippen LogP contribution >= 0.6 is 11.6 Å². The van der Waals surface area contributed by atoms with Gasteiger partial charge in [-0.25, -0.2) is 0 Å². The van der Waals surface area contributed by atoms with Crippen LogP contribution in [0.3, 0.4) is 0 Å². The molecule has 2 nitrogen and oxygen atoms in total. The van der Waals surface area contributed by atoms with Crippen LogP contribution in [0.1, 0.15) is 16.7 Å². The molecule has 2 aromatic rings. The first kappa shape index (κ1) is 12.9. The Morgan fingerprint density at radius 1 is 1.11 bits per heavy atom. The molecule has 0 bridgehead atoms. The highest BCUT2D eigenvalue weighted by Crippen LogP contribution is 2.20. The molecule has 0 spiro atoms. The maximum Gasteiger partial charge on any atom is 0.0410 e. The number of hydrogen-bond donors (Lipinski definition) is 2. The Labute approximate surface area is 113 Å². The van der Waals surface area contributed by atoms with Crippen molar-refractivity contribution in [3.63, 3.8) is 0 Å². The van der Waals surface area contributed by atoms with E-state index in [-0.39, 0.29) is 0 Å². The third kappa shape index (κ3) is 3.25. The molecule has 0 aliphatic rings. The average molecular weight is 261 g/mol. The minimum absolute atomic E-state index is 0.577. The Balaban J connectivity index is 2.06. The van der Waals surface area contributed by atoms with Gasteiger partial charge in [0.05, 0.1) is 0 Å². The Kier molecular flexibility index (Phi) is 4.24. The van der Waals surface area contributed by atoms with Crippen LogP contribution in [-0.4, -0.2) is 0 Å². The van der Waals surface area contributed by atoms with E-state index in [0.29, 0.717) is 6.54 Å². The van der Waals surface area contributed by atoms with Crippen molar-refractivity contribution in [3.05, 3.63) is 64.2 Å². The van der Waals surface area contributed by atoms with Crippen LogP contribution in [0.4, 0.5) is 5.69 Å². The van der Waals surface area contributed by atoms with Crippen LogP contribution in [0.25, 0.3) is 0 Å². The van der Waals surface area contributed by atoms with E-state index in [4.69, 9.17) is 17.3 Å². The van der Waals surface area contributed by atoms with Gasteiger partial charge in [-0.15, -0.1) is 0 Å². The van der Waals surface area contributed by atoms with Gasteiger partial charge >= 0.3 is 0 Å². The fraction of sp³-hybridized carbons (Fsp3) is 0.200. The van der Waals surface area contributed by atoms with Gasteiger partial charge in [-0.05, 0) is 41.8 Å². The van der Waals surface area contributed by atoms with Crippen molar-refractivity contribution in [2.75, 3.05) is 5.32 Å². The molecular formula is C15H17ClN2. The number of rotatable bonds is 4. The zero-order chi connectivity index (χ0) is 13.0. The molecule has 2 rings (SSSR count). The van der Waals surface area contributed by atoms with Gasteiger partial charge in [-0.1, -0.05) is 35.9 Å². The molecule has 2 aromatic carbocycles. The largest absolute Gasteiger partial charge is 0.381 e. The van der Waals surface area contributed by atoms with Gasteiger partial charge in [-0.2, -0.15) is 0 Å². The van der Waals surface area contributed by atoms with Crippen molar-refractivity contribution in [2.24, 2.45) is 5.73 Å². The molecule has 0 aromatic heterocycles. The molecule has 0 saturated carbocycles. The fourth-order valence-electron chi connectivity index (χ4n) is 1.89. The molecule has 18 heavy (non-hydrogen) atoms. The lowest BCUT2D eigenvalue weighted by atomic mass is 10.1. The van der Waals surface area contributed by atoms with E-state index < -0.39 is 0 Å². The average Bonchev–Trinajstić information content (AvgIpc) is 2.38. The van der Waals surface area contributed by atoms with Crippen LogP contribution in [0.5, 0.6) is 0 Å². The number of anilines is 1. The summed E-state index contributed by atoms with van der Waals surface area (Å²) in [5.74, 6) is 0. The Bertz CT molecular complexity index is 538. The Hall–Kier alpha value is -1.51.